The molecule has 0 radical (unpaired) electrons. The van der Waals surface area contributed by atoms with Crippen LogP contribution in [0.15, 0.2) is 18.3 Å². The molecule has 0 saturated heterocycles. The molecule has 1 saturated carbocycles. The highest BCUT2D eigenvalue weighted by Crippen LogP contribution is 2.39. The molecule has 2 heteroatoms. The minimum absolute atomic E-state index is 0.418. The van der Waals surface area contributed by atoms with E-state index in [2.05, 4.69) is 50.3 Å². The Balaban J connectivity index is 2.23. The van der Waals surface area contributed by atoms with Crippen molar-refractivity contribution in [2.24, 2.45) is 17.8 Å². The lowest BCUT2D eigenvalue weighted by Gasteiger charge is -2.36. The van der Waals surface area contributed by atoms with Gasteiger partial charge in [0.15, 0.2) is 0 Å². The maximum atomic E-state index is 4.68. The fourth-order valence-electron chi connectivity index (χ4n) is 3.91. The topological polar surface area (TPSA) is 24.9 Å². The largest absolute Gasteiger partial charge is 0.311 e. The zero-order chi connectivity index (χ0) is 13.8. The van der Waals surface area contributed by atoms with Crippen molar-refractivity contribution in [3.05, 3.63) is 29.6 Å². The standard InChI is InChI=1S/C17H28N2/c1-5-14-7-6-8-19-17(14)16(18-4)15-10-12(2)9-13(3)11-15/h6-8,12-13,15-16,18H,5,9-11H2,1-4H3. The van der Waals surface area contributed by atoms with E-state index < -0.39 is 0 Å². The first-order valence-electron chi connectivity index (χ1n) is 7.76. The Morgan fingerprint density at radius 3 is 2.53 bits per heavy atom. The van der Waals surface area contributed by atoms with Crippen LogP contribution in [0.1, 0.15) is 57.3 Å². The molecule has 0 amide bonds. The van der Waals surface area contributed by atoms with Gasteiger partial charge in [0.25, 0.3) is 0 Å². The highest BCUT2D eigenvalue weighted by atomic mass is 14.9. The molecule has 1 aliphatic carbocycles. The molecule has 1 fully saturated rings. The molecule has 1 N–H and O–H groups in total. The number of hydrogen-bond acceptors (Lipinski definition) is 2. The quantitative estimate of drug-likeness (QED) is 0.886. The molecule has 2 rings (SSSR count). The van der Waals surface area contributed by atoms with Gasteiger partial charge in [-0.2, -0.15) is 0 Å². The number of pyridine rings is 1. The number of aryl methyl sites for hydroxylation is 1. The maximum Gasteiger partial charge on any atom is 0.0607 e. The summed E-state index contributed by atoms with van der Waals surface area (Å²) in [6.45, 7) is 7.02. The first kappa shape index (κ1) is 14.5. The minimum atomic E-state index is 0.418. The van der Waals surface area contributed by atoms with Crippen LogP contribution in [0.5, 0.6) is 0 Å². The molecule has 0 aromatic carbocycles. The van der Waals surface area contributed by atoms with Gasteiger partial charge in [-0.3, -0.25) is 4.98 Å². The van der Waals surface area contributed by atoms with Crippen molar-refractivity contribution >= 4 is 0 Å². The molecule has 106 valence electrons. The number of nitrogens with zero attached hydrogens (tertiary/aromatic N) is 1. The summed E-state index contributed by atoms with van der Waals surface area (Å²) < 4.78 is 0. The minimum Gasteiger partial charge on any atom is -0.311 e. The van der Waals surface area contributed by atoms with E-state index in [1.165, 1.54) is 30.5 Å². The predicted octanol–water partition coefficient (Wildman–Crippen LogP) is 3.98. The van der Waals surface area contributed by atoms with E-state index in [0.717, 1.165) is 24.2 Å². The fraction of sp³-hybridized carbons (Fsp3) is 0.706. The van der Waals surface area contributed by atoms with Gasteiger partial charge in [0.1, 0.15) is 0 Å². The van der Waals surface area contributed by atoms with Crippen molar-refractivity contribution in [1.29, 1.82) is 0 Å². The fourth-order valence-corrected chi connectivity index (χ4v) is 3.91. The van der Waals surface area contributed by atoms with E-state index in [1.54, 1.807) is 0 Å². The van der Waals surface area contributed by atoms with Gasteiger partial charge in [-0.25, -0.2) is 0 Å². The lowest BCUT2D eigenvalue weighted by atomic mass is 9.72. The smallest absolute Gasteiger partial charge is 0.0607 e. The van der Waals surface area contributed by atoms with Crippen LogP contribution in [0, 0.1) is 17.8 Å². The molecule has 0 aliphatic heterocycles. The normalized spacial score (nSPS) is 29.2. The lowest BCUT2D eigenvalue weighted by molar-refractivity contribution is 0.178. The highest BCUT2D eigenvalue weighted by molar-refractivity contribution is 5.23. The second-order valence-corrected chi connectivity index (χ2v) is 6.35. The highest BCUT2D eigenvalue weighted by Gasteiger charge is 2.31. The van der Waals surface area contributed by atoms with Crippen LogP contribution in [0.3, 0.4) is 0 Å². The molecule has 1 heterocycles. The van der Waals surface area contributed by atoms with Crippen LogP contribution in [0.25, 0.3) is 0 Å². The molecular weight excluding hydrogens is 232 g/mol. The van der Waals surface area contributed by atoms with Gasteiger partial charge in [0.05, 0.1) is 11.7 Å². The van der Waals surface area contributed by atoms with Crippen molar-refractivity contribution in [3.8, 4) is 0 Å². The molecule has 1 aliphatic rings. The second-order valence-electron chi connectivity index (χ2n) is 6.35. The van der Waals surface area contributed by atoms with Gasteiger partial charge in [-0.1, -0.05) is 26.8 Å². The Kier molecular flexibility index (Phi) is 4.98. The molecule has 19 heavy (non-hydrogen) atoms. The van der Waals surface area contributed by atoms with Gasteiger partial charge in [-0.05, 0) is 62.1 Å². The second kappa shape index (κ2) is 6.51. The molecule has 3 atom stereocenters. The van der Waals surface area contributed by atoms with E-state index in [4.69, 9.17) is 0 Å². The average Bonchev–Trinajstić information content (AvgIpc) is 2.39. The van der Waals surface area contributed by atoms with Crippen LogP contribution in [-0.2, 0) is 6.42 Å². The van der Waals surface area contributed by atoms with Gasteiger partial charge < -0.3 is 5.32 Å². The molecule has 1 aromatic rings. The van der Waals surface area contributed by atoms with Crippen LogP contribution >= 0.6 is 0 Å². The average molecular weight is 260 g/mol. The Bertz CT molecular complexity index is 392. The summed E-state index contributed by atoms with van der Waals surface area (Å²) in [7, 11) is 2.09. The van der Waals surface area contributed by atoms with Crippen LogP contribution in [0.2, 0.25) is 0 Å². The van der Waals surface area contributed by atoms with Crippen molar-refractivity contribution in [3.63, 3.8) is 0 Å². The van der Waals surface area contributed by atoms with Crippen LogP contribution < -0.4 is 5.32 Å². The molecule has 1 aromatic heterocycles. The van der Waals surface area contributed by atoms with E-state index in [0.29, 0.717) is 6.04 Å². The van der Waals surface area contributed by atoms with E-state index >= 15 is 0 Å². The Morgan fingerprint density at radius 2 is 1.95 bits per heavy atom. The van der Waals surface area contributed by atoms with Gasteiger partial charge in [0, 0.05) is 6.20 Å². The predicted molar refractivity (Wildman–Crippen MR) is 81.1 cm³/mol. The number of nitrogens with one attached hydrogen (secondary N) is 1. The molecule has 3 unspecified atom stereocenters. The first-order valence-corrected chi connectivity index (χ1v) is 7.76. The van der Waals surface area contributed by atoms with Crippen molar-refractivity contribution in [1.82, 2.24) is 10.3 Å². The third-order valence-electron chi connectivity index (χ3n) is 4.60. The summed E-state index contributed by atoms with van der Waals surface area (Å²) in [5, 5.41) is 3.54. The monoisotopic (exact) mass is 260 g/mol. The summed E-state index contributed by atoms with van der Waals surface area (Å²) in [4.78, 5) is 4.68. The first-order chi connectivity index (χ1) is 9.15. The Morgan fingerprint density at radius 1 is 1.26 bits per heavy atom. The SMILES string of the molecule is CCc1cccnc1C(NC)C1CC(C)CC(C)C1. The van der Waals surface area contributed by atoms with Crippen molar-refractivity contribution in [2.45, 2.75) is 52.5 Å². The lowest BCUT2D eigenvalue weighted by Crippen LogP contribution is -2.32. The summed E-state index contributed by atoms with van der Waals surface area (Å²) in [6.07, 6.45) is 7.05. The summed E-state index contributed by atoms with van der Waals surface area (Å²) in [5.41, 5.74) is 2.67. The molecular formula is C17H28N2. The number of rotatable bonds is 4. The number of hydrogen-bond donors (Lipinski definition) is 1. The van der Waals surface area contributed by atoms with Gasteiger partial charge in [-0.15, -0.1) is 0 Å². The number of aromatic nitrogens is 1. The maximum absolute atomic E-state index is 4.68. The van der Waals surface area contributed by atoms with Crippen molar-refractivity contribution < 1.29 is 0 Å². The summed E-state index contributed by atoms with van der Waals surface area (Å²) in [5.74, 6) is 2.42. The van der Waals surface area contributed by atoms with E-state index in [1.807, 2.05) is 6.20 Å². The van der Waals surface area contributed by atoms with E-state index in [9.17, 15) is 0 Å². The molecule has 0 bridgehead atoms. The van der Waals surface area contributed by atoms with Crippen molar-refractivity contribution in [2.75, 3.05) is 7.05 Å². The molecule has 2 nitrogen and oxygen atoms in total. The van der Waals surface area contributed by atoms with Gasteiger partial charge in [0.2, 0.25) is 0 Å². The molecule has 0 spiro atoms. The third-order valence-corrected chi connectivity index (χ3v) is 4.60. The Labute approximate surface area is 118 Å². The zero-order valence-electron chi connectivity index (χ0n) is 12.8. The van der Waals surface area contributed by atoms with Gasteiger partial charge >= 0.3 is 0 Å². The summed E-state index contributed by atoms with van der Waals surface area (Å²) >= 11 is 0. The third kappa shape index (κ3) is 3.36. The Hall–Kier alpha value is -0.890. The zero-order valence-corrected chi connectivity index (χ0v) is 12.8. The summed E-state index contributed by atoms with van der Waals surface area (Å²) in [6, 6.07) is 4.70. The van der Waals surface area contributed by atoms with Crippen LogP contribution in [0.4, 0.5) is 0 Å². The van der Waals surface area contributed by atoms with E-state index in [-0.39, 0.29) is 0 Å². The van der Waals surface area contributed by atoms with Crippen LogP contribution in [-0.4, -0.2) is 12.0 Å².